The second kappa shape index (κ2) is 6.57. The number of piperidine rings is 1. The fraction of sp³-hybridized carbons (Fsp3) is 0.667. The second-order valence-electron chi connectivity index (χ2n) is 6.99. The molecule has 122 valence electrons. The van der Waals surface area contributed by atoms with E-state index in [1.165, 1.54) is 11.3 Å². The number of benzene rings is 1. The Morgan fingerprint density at radius 1 is 1.23 bits per heavy atom. The van der Waals surface area contributed by atoms with Crippen LogP contribution >= 0.6 is 0 Å². The first-order valence-electron chi connectivity index (χ1n) is 8.54. The van der Waals surface area contributed by atoms with Crippen LogP contribution in [0.3, 0.4) is 0 Å². The Bertz CT molecular complexity index is 476. The fourth-order valence-corrected chi connectivity index (χ4v) is 3.32. The molecule has 1 atom stereocenters. The van der Waals surface area contributed by atoms with Gasteiger partial charge in [0.2, 0.25) is 0 Å². The van der Waals surface area contributed by atoms with Crippen molar-refractivity contribution in [3.05, 3.63) is 29.8 Å². The standard InChI is InChI=1S/C18H28N2O2/c1-14(19-13-18(22)9-2-10-18)15-3-5-16(6-4-15)20-11-7-17(21)8-12-20/h3-6,14,17,19,21-22H,2,7-13H2,1H3. The van der Waals surface area contributed by atoms with Crippen LogP contribution in [-0.4, -0.2) is 41.6 Å². The minimum atomic E-state index is -0.469. The Labute approximate surface area is 133 Å². The van der Waals surface area contributed by atoms with Gasteiger partial charge in [0.05, 0.1) is 11.7 Å². The van der Waals surface area contributed by atoms with Crippen LogP contribution in [0.15, 0.2) is 24.3 Å². The predicted molar refractivity (Wildman–Crippen MR) is 89.1 cm³/mol. The van der Waals surface area contributed by atoms with Gasteiger partial charge in [-0.25, -0.2) is 0 Å². The molecule has 1 saturated carbocycles. The van der Waals surface area contributed by atoms with E-state index in [1.807, 2.05) is 0 Å². The molecule has 1 aliphatic heterocycles. The van der Waals surface area contributed by atoms with Crippen molar-refractivity contribution >= 4 is 5.69 Å². The maximum Gasteiger partial charge on any atom is 0.0771 e. The third-order valence-electron chi connectivity index (χ3n) is 5.24. The average molecular weight is 304 g/mol. The molecule has 22 heavy (non-hydrogen) atoms. The Balaban J connectivity index is 1.54. The number of hydrogen-bond acceptors (Lipinski definition) is 4. The minimum Gasteiger partial charge on any atom is -0.393 e. The minimum absolute atomic E-state index is 0.128. The maximum atomic E-state index is 10.2. The van der Waals surface area contributed by atoms with Crippen LogP contribution in [0.4, 0.5) is 5.69 Å². The fourth-order valence-electron chi connectivity index (χ4n) is 3.32. The quantitative estimate of drug-likeness (QED) is 0.781. The highest BCUT2D eigenvalue weighted by Crippen LogP contribution is 2.31. The number of rotatable bonds is 5. The summed E-state index contributed by atoms with van der Waals surface area (Å²) in [5.74, 6) is 0. The van der Waals surface area contributed by atoms with E-state index in [0.29, 0.717) is 6.54 Å². The molecule has 1 saturated heterocycles. The Kier molecular flexibility index (Phi) is 4.71. The molecule has 0 spiro atoms. The summed E-state index contributed by atoms with van der Waals surface area (Å²) < 4.78 is 0. The van der Waals surface area contributed by atoms with Gasteiger partial charge in [0.1, 0.15) is 0 Å². The van der Waals surface area contributed by atoms with Crippen molar-refractivity contribution in [2.45, 2.75) is 56.8 Å². The van der Waals surface area contributed by atoms with Gasteiger partial charge in [-0.15, -0.1) is 0 Å². The van der Waals surface area contributed by atoms with Crippen molar-refractivity contribution in [2.75, 3.05) is 24.5 Å². The molecule has 4 heteroatoms. The number of aliphatic hydroxyl groups excluding tert-OH is 1. The first-order chi connectivity index (χ1) is 10.6. The Morgan fingerprint density at radius 2 is 1.86 bits per heavy atom. The van der Waals surface area contributed by atoms with Crippen molar-refractivity contribution in [3.8, 4) is 0 Å². The predicted octanol–water partition coefficient (Wildman–Crippen LogP) is 2.21. The lowest BCUT2D eigenvalue weighted by Crippen LogP contribution is -2.46. The van der Waals surface area contributed by atoms with E-state index in [-0.39, 0.29) is 12.1 Å². The molecule has 0 radical (unpaired) electrons. The second-order valence-corrected chi connectivity index (χ2v) is 6.99. The van der Waals surface area contributed by atoms with Gasteiger partial charge >= 0.3 is 0 Å². The van der Waals surface area contributed by atoms with E-state index in [2.05, 4.69) is 41.4 Å². The number of aliphatic hydroxyl groups is 2. The third kappa shape index (κ3) is 3.62. The third-order valence-corrected chi connectivity index (χ3v) is 5.24. The normalized spacial score (nSPS) is 23.1. The molecule has 1 aromatic carbocycles. The van der Waals surface area contributed by atoms with Gasteiger partial charge in [-0.3, -0.25) is 0 Å². The van der Waals surface area contributed by atoms with E-state index in [1.54, 1.807) is 0 Å². The van der Waals surface area contributed by atoms with Gasteiger partial charge in [-0.1, -0.05) is 12.1 Å². The number of anilines is 1. The molecule has 1 unspecified atom stereocenters. The molecule has 3 N–H and O–H groups in total. The monoisotopic (exact) mass is 304 g/mol. The number of nitrogens with one attached hydrogen (secondary N) is 1. The van der Waals surface area contributed by atoms with Gasteiger partial charge in [-0.2, -0.15) is 0 Å². The molecule has 1 heterocycles. The molecule has 2 aliphatic rings. The average Bonchev–Trinajstić information content (AvgIpc) is 2.52. The van der Waals surface area contributed by atoms with E-state index < -0.39 is 5.60 Å². The van der Waals surface area contributed by atoms with E-state index in [4.69, 9.17) is 0 Å². The highest BCUT2D eigenvalue weighted by Gasteiger charge is 2.34. The molecular weight excluding hydrogens is 276 g/mol. The highest BCUT2D eigenvalue weighted by molar-refractivity contribution is 5.48. The van der Waals surface area contributed by atoms with Crippen molar-refractivity contribution < 1.29 is 10.2 Å². The topological polar surface area (TPSA) is 55.7 Å². The summed E-state index contributed by atoms with van der Waals surface area (Å²) in [7, 11) is 0. The van der Waals surface area contributed by atoms with E-state index in [9.17, 15) is 10.2 Å². The van der Waals surface area contributed by atoms with E-state index >= 15 is 0 Å². The van der Waals surface area contributed by atoms with Crippen LogP contribution in [0, 0.1) is 0 Å². The molecule has 0 bridgehead atoms. The van der Waals surface area contributed by atoms with Gasteiger partial charge in [0.25, 0.3) is 0 Å². The van der Waals surface area contributed by atoms with Crippen molar-refractivity contribution in [3.63, 3.8) is 0 Å². The van der Waals surface area contributed by atoms with Crippen LogP contribution in [-0.2, 0) is 0 Å². The van der Waals surface area contributed by atoms with Gasteiger partial charge in [-0.05, 0) is 56.7 Å². The smallest absolute Gasteiger partial charge is 0.0771 e. The Hall–Kier alpha value is -1.10. The molecular formula is C18H28N2O2. The lowest BCUT2D eigenvalue weighted by molar-refractivity contribution is -0.0329. The number of nitrogens with zero attached hydrogens (tertiary/aromatic N) is 1. The number of hydrogen-bond donors (Lipinski definition) is 3. The van der Waals surface area contributed by atoms with Crippen LogP contribution in [0.25, 0.3) is 0 Å². The first-order valence-corrected chi connectivity index (χ1v) is 8.54. The van der Waals surface area contributed by atoms with E-state index in [0.717, 1.165) is 45.2 Å². The summed E-state index contributed by atoms with van der Waals surface area (Å²) in [6.45, 7) is 4.69. The lowest BCUT2D eigenvalue weighted by Gasteiger charge is -2.37. The molecule has 1 aliphatic carbocycles. The zero-order chi connectivity index (χ0) is 15.6. The lowest BCUT2D eigenvalue weighted by atomic mass is 9.80. The molecule has 0 aromatic heterocycles. The van der Waals surface area contributed by atoms with Crippen molar-refractivity contribution in [1.29, 1.82) is 0 Å². The summed E-state index contributed by atoms with van der Waals surface area (Å²) in [5, 5.41) is 23.2. The summed E-state index contributed by atoms with van der Waals surface area (Å²) in [5.41, 5.74) is 2.02. The molecule has 1 aromatic rings. The van der Waals surface area contributed by atoms with Crippen molar-refractivity contribution in [2.24, 2.45) is 0 Å². The molecule has 3 rings (SSSR count). The van der Waals surface area contributed by atoms with Crippen LogP contribution < -0.4 is 10.2 Å². The summed E-state index contributed by atoms with van der Waals surface area (Å²) in [6, 6.07) is 8.93. The zero-order valence-corrected chi connectivity index (χ0v) is 13.5. The van der Waals surface area contributed by atoms with Gasteiger partial charge in [0.15, 0.2) is 0 Å². The van der Waals surface area contributed by atoms with Crippen LogP contribution in [0.2, 0.25) is 0 Å². The zero-order valence-electron chi connectivity index (χ0n) is 13.5. The Morgan fingerprint density at radius 3 is 2.41 bits per heavy atom. The first kappa shape index (κ1) is 15.8. The van der Waals surface area contributed by atoms with Gasteiger partial charge < -0.3 is 20.4 Å². The SMILES string of the molecule is CC(NCC1(O)CCC1)c1ccc(N2CCC(O)CC2)cc1. The van der Waals surface area contributed by atoms with Crippen LogP contribution in [0.5, 0.6) is 0 Å². The summed E-state index contributed by atoms with van der Waals surface area (Å²) in [4.78, 5) is 2.34. The molecule has 4 nitrogen and oxygen atoms in total. The summed E-state index contributed by atoms with van der Waals surface area (Å²) in [6.07, 6.45) is 4.58. The maximum absolute atomic E-state index is 10.2. The van der Waals surface area contributed by atoms with Crippen molar-refractivity contribution in [1.82, 2.24) is 5.32 Å². The largest absolute Gasteiger partial charge is 0.393 e. The summed E-state index contributed by atoms with van der Waals surface area (Å²) >= 11 is 0. The van der Waals surface area contributed by atoms with Gasteiger partial charge in [0, 0.05) is 31.4 Å². The highest BCUT2D eigenvalue weighted by atomic mass is 16.3. The molecule has 2 fully saturated rings. The van der Waals surface area contributed by atoms with Crippen LogP contribution in [0.1, 0.15) is 50.6 Å². The molecule has 0 amide bonds.